The monoisotopic (exact) mass is 362 g/mol. The molecule has 8 heteroatoms. The molecule has 142 valence electrons. The van der Waals surface area contributed by atoms with Gasteiger partial charge in [0.2, 0.25) is 0 Å². The van der Waals surface area contributed by atoms with Crippen LogP contribution in [0.5, 0.6) is 0 Å². The zero-order valence-electron chi connectivity index (χ0n) is 15.3. The highest BCUT2D eigenvalue weighted by Crippen LogP contribution is 2.09. The van der Waals surface area contributed by atoms with Crippen molar-refractivity contribution in [3.05, 3.63) is 48.3 Å². The van der Waals surface area contributed by atoms with E-state index in [0.717, 1.165) is 11.9 Å². The molecule has 0 aliphatic carbocycles. The van der Waals surface area contributed by atoms with Crippen molar-refractivity contribution in [1.29, 1.82) is 0 Å². The number of hydrogen-bond donors (Lipinski definition) is 3. The molecule has 0 radical (unpaired) electrons. The van der Waals surface area contributed by atoms with Crippen molar-refractivity contribution in [2.24, 2.45) is 10.7 Å². The third kappa shape index (κ3) is 8.72. The highest BCUT2D eigenvalue weighted by Gasteiger charge is 2.27. The second kappa shape index (κ2) is 10.1. The van der Waals surface area contributed by atoms with E-state index >= 15 is 0 Å². The quantitative estimate of drug-likeness (QED) is 0.368. The first-order valence-corrected chi connectivity index (χ1v) is 8.08. The topological polar surface area (TPSA) is 115 Å². The number of carbonyl (C=O) groups excluding carboxylic acids is 2. The summed E-state index contributed by atoms with van der Waals surface area (Å²) in [7, 11) is 0. The number of nitrogens with two attached hydrogens (primary N) is 1. The zero-order chi connectivity index (χ0) is 19.6. The van der Waals surface area contributed by atoms with E-state index < -0.39 is 23.7 Å². The molecule has 0 bridgehead atoms. The Kier molecular flexibility index (Phi) is 8.14. The predicted molar refractivity (Wildman–Crippen MR) is 99.2 cm³/mol. The second-order valence-corrected chi connectivity index (χ2v) is 6.40. The summed E-state index contributed by atoms with van der Waals surface area (Å²) >= 11 is 0. The van der Waals surface area contributed by atoms with E-state index in [1.807, 2.05) is 30.3 Å². The van der Waals surface area contributed by atoms with Gasteiger partial charge in [0.15, 0.2) is 0 Å². The first kappa shape index (κ1) is 21.0. The molecule has 0 spiro atoms. The van der Waals surface area contributed by atoms with Gasteiger partial charge in [-0.05, 0) is 26.3 Å². The number of rotatable bonds is 8. The zero-order valence-corrected chi connectivity index (χ0v) is 15.3. The molecule has 1 amide bonds. The second-order valence-electron chi connectivity index (χ2n) is 6.40. The number of alkyl carbamates (subject to hydrolysis) is 1. The molecule has 4 N–H and O–H groups in total. The average Bonchev–Trinajstić information content (AvgIpc) is 2.56. The van der Waals surface area contributed by atoms with Crippen LogP contribution in [-0.2, 0) is 20.9 Å². The SMILES string of the molecule is C=C(N=CN)NCC(NC(=O)OCc1ccccc1)C(=O)OC(C)(C)C. The number of nitrogens with one attached hydrogen (secondary N) is 2. The van der Waals surface area contributed by atoms with E-state index in [4.69, 9.17) is 15.2 Å². The van der Waals surface area contributed by atoms with Crippen LogP contribution in [-0.4, -0.2) is 36.6 Å². The Morgan fingerprint density at radius 1 is 1.31 bits per heavy atom. The van der Waals surface area contributed by atoms with Gasteiger partial charge in [-0.15, -0.1) is 0 Å². The first-order valence-electron chi connectivity index (χ1n) is 8.08. The highest BCUT2D eigenvalue weighted by molar-refractivity contribution is 5.81. The van der Waals surface area contributed by atoms with Crippen LogP contribution >= 0.6 is 0 Å². The molecular formula is C18H26N4O4. The summed E-state index contributed by atoms with van der Waals surface area (Å²) in [5, 5.41) is 5.27. The molecule has 8 nitrogen and oxygen atoms in total. The van der Waals surface area contributed by atoms with Crippen LogP contribution in [0.4, 0.5) is 4.79 Å². The maximum absolute atomic E-state index is 12.3. The largest absolute Gasteiger partial charge is 0.458 e. The highest BCUT2D eigenvalue weighted by atomic mass is 16.6. The van der Waals surface area contributed by atoms with E-state index in [0.29, 0.717) is 0 Å². The predicted octanol–water partition coefficient (Wildman–Crippen LogP) is 1.67. The summed E-state index contributed by atoms with van der Waals surface area (Å²) in [4.78, 5) is 28.1. The van der Waals surface area contributed by atoms with Gasteiger partial charge in [0.05, 0.1) is 6.34 Å². The molecule has 1 aromatic carbocycles. The number of nitrogens with zero attached hydrogens (tertiary/aromatic N) is 1. The van der Waals surface area contributed by atoms with Gasteiger partial charge in [0, 0.05) is 6.54 Å². The van der Waals surface area contributed by atoms with Crippen LogP contribution in [0, 0.1) is 0 Å². The number of benzene rings is 1. The van der Waals surface area contributed by atoms with Gasteiger partial charge >= 0.3 is 12.1 Å². The summed E-state index contributed by atoms with van der Waals surface area (Å²) in [6, 6.07) is 8.22. The van der Waals surface area contributed by atoms with Crippen molar-refractivity contribution in [2.45, 2.75) is 39.0 Å². The van der Waals surface area contributed by atoms with E-state index in [9.17, 15) is 9.59 Å². The van der Waals surface area contributed by atoms with Crippen molar-refractivity contribution in [1.82, 2.24) is 10.6 Å². The van der Waals surface area contributed by atoms with Gasteiger partial charge in [-0.2, -0.15) is 0 Å². The van der Waals surface area contributed by atoms with E-state index in [-0.39, 0.29) is 19.0 Å². The number of ether oxygens (including phenoxy) is 2. The van der Waals surface area contributed by atoms with Crippen molar-refractivity contribution in [2.75, 3.05) is 6.54 Å². The van der Waals surface area contributed by atoms with Gasteiger partial charge in [-0.1, -0.05) is 36.9 Å². The van der Waals surface area contributed by atoms with Crippen molar-refractivity contribution >= 4 is 18.4 Å². The summed E-state index contributed by atoms with van der Waals surface area (Å²) in [6.45, 7) is 8.94. The molecular weight excluding hydrogens is 336 g/mol. The van der Waals surface area contributed by atoms with Crippen molar-refractivity contribution in [3.63, 3.8) is 0 Å². The third-order valence-electron chi connectivity index (χ3n) is 2.94. The van der Waals surface area contributed by atoms with Gasteiger partial charge in [0.1, 0.15) is 24.1 Å². The lowest BCUT2D eigenvalue weighted by Crippen LogP contribution is -2.49. The van der Waals surface area contributed by atoms with E-state index in [2.05, 4.69) is 22.2 Å². The molecule has 0 fully saturated rings. The van der Waals surface area contributed by atoms with Crippen LogP contribution in [0.1, 0.15) is 26.3 Å². The number of esters is 1. The number of hydrogen-bond acceptors (Lipinski definition) is 6. The Labute approximate surface area is 153 Å². The Balaban J connectivity index is 2.65. The summed E-state index contributed by atoms with van der Waals surface area (Å²) in [6.07, 6.45) is 0.332. The lowest BCUT2D eigenvalue weighted by Gasteiger charge is -2.24. The van der Waals surface area contributed by atoms with Crippen LogP contribution < -0.4 is 16.4 Å². The average molecular weight is 362 g/mol. The molecule has 0 aliphatic heterocycles. The van der Waals surface area contributed by atoms with Gasteiger partial charge in [0.25, 0.3) is 0 Å². The Bertz CT molecular complexity index is 638. The maximum atomic E-state index is 12.3. The van der Waals surface area contributed by atoms with Crippen LogP contribution in [0.2, 0.25) is 0 Å². The van der Waals surface area contributed by atoms with Crippen LogP contribution in [0.15, 0.2) is 47.7 Å². The molecule has 1 rings (SSSR count). The fourth-order valence-electron chi connectivity index (χ4n) is 1.83. The minimum Gasteiger partial charge on any atom is -0.458 e. The first-order chi connectivity index (χ1) is 12.2. The molecule has 0 saturated carbocycles. The van der Waals surface area contributed by atoms with E-state index in [1.165, 1.54) is 0 Å². The molecule has 0 heterocycles. The smallest absolute Gasteiger partial charge is 0.408 e. The van der Waals surface area contributed by atoms with Crippen molar-refractivity contribution < 1.29 is 19.1 Å². The minimum atomic E-state index is -0.984. The lowest BCUT2D eigenvalue weighted by atomic mass is 10.2. The fraction of sp³-hybridized carbons (Fsp3) is 0.389. The number of carbonyl (C=O) groups is 2. The summed E-state index contributed by atoms with van der Waals surface area (Å²) in [5.41, 5.74) is 5.32. The van der Waals surface area contributed by atoms with Crippen molar-refractivity contribution in [3.8, 4) is 0 Å². The molecule has 1 atom stereocenters. The van der Waals surface area contributed by atoms with Gasteiger partial charge < -0.3 is 25.8 Å². The van der Waals surface area contributed by atoms with E-state index in [1.54, 1.807) is 20.8 Å². The molecule has 1 aromatic rings. The van der Waals surface area contributed by atoms with Gasteiger partial charge in [-0.25, -0.2) is 14.6 Å². The molecule has 1 unspecified atom stereocenters. The van der Waals surface area contributed by atoms with Crippen LogP contribution in [0.3, 0.4) is 0 Å². The Morgan fingerprint density at radius 3 is 2.54 bits per heavy atom. The summed E-state index contributed by atoms with van der Waals surface area (Å²) in [5.74, 6) is -0.355. The Hall–Kier alpha value is -3.03. The lowest BCUT2D eigenvalue weighted by molar-refractivity contribution is -0.157. The molecule has 0 aromatic heterocycles. The van der Waals surface area contributed by atoms with Crippen LogP contribution in [0.25, 0.3) is 0 Å². The third-order valence-corrected chi connectivity index (χ3v) is 2.94. The Morgan fingerprint density at radius 2 is 1.96 bits per heavy atom. The normalized spacial score (nSPS) is 12.3. The standard InChI is InChI=1S/C18H26N4O4/c1-13(21-12-19)20-10-15(16(23)26-18(2,3)4)22-17(24)25-11-14-8-6-5-7-9-14/h5-9,12,15,20H,1,10-11H2,2-4H3,(H2,19,21)(H,22,24). The molecule has 0 aliphatic rings. The fourth-order valence-corrected chi connectivity index (χ4v) is 1.83. The molecule has 0 saturated heterocycles. The number of amides is 1. The maximum Gasteiger partial charge on any atom is 0.408 e. The summed E-state index contributed by atoms with van der Waals surface area (Å²) < 4.78 is 10.4. The van der Waals surface area contributed by atoms with Gasteiger partial charge in [-0.3, -0.25) is 0 Å². The number of aliphatic imine (C=N–C) groups is 1. The minimum absolute atomic E-state index is 0.0194. The molecule has 26 heavy (non-hydrogen) atoms.